The van der Waals surface area contributed by atoms with Gasteiger partial charge in [0.2, 0.25) is 6.79 Å². The molecule has 0 fully saturated rings. The van der Waals surface area contributed by atoms with Gasteiger partial charge < -0.3 is 19.3 Å². The monoisotopic (exact) mass is 298 g/mol. The fraction of sp³-hybridized carbons (Fsp3) is 0.267. The van der Waals surface area contributed by atoms with E-state index in [1.807, 2.05) is 32.0 Å². The maximum Gasteiger partial charge on any atom is 0.263 e. The quantitative estimate of drug-likeness (QED) is 0.795. The molecule has 3 aromatic rings. The van der Waals surface area contributed by atoms with Crippen LogP contribution in [0.25, 0.3) is 11.1 Å². The lowest BCUT2D eigenvalue weighted by Crippen LogP contribution is -2.04. The van der Waals surface area contributed by atoms with E-state index in [-0.39, 0.29) is 6.79 Å². The van der Waals surface area contributed by atoms with Gasteiger partial charge in [-0.25, -0.2) is 4.98 Å². The van der Waals surface area contributed by atoms with Gasteiger partial charge in [-0.3, -0.25) is 0 Å². The number of aromatic nitrogens is 3. The first-order valence-electron chi connectivity index (χ1n) is 6.94. The highest BCUT2D eigenvalue weighted by atomic mass is 16.7. The third-order valence-corrected chi connectivity index (χ3v) is 3.52. The van der Waals surface area contributed by atoms with Crippen molar-refractivity contribution in [2.75, 3.05) is 12.1 Å². The molecule has 1 aliphatic rings. The molecular weight excluding hydrogens is 284 g/mol. The van der Waals surface area contributed by atoms with Crippen LogP contribution in [0.5, 0.6) is 11.5 Å². The Labute approximate surface area is 126 Å². The molecule has 1 aliphatic heterocycles. The molecule has 3 heterocycles. The highest BCUT2D eigenvalue weighted by molar-refractivity contribution is 5.87. The summed E-state index contributed by atoms with van der Waals surface area (Å²) < 4.78 is 15.9. The standard InChI is InChI=1S/C15H14N4O3/c1-8-13-14(17-9(2)18-15(13)22-19-8)16-6-10-3-4-11-12(5-10)21-7-20-11/h3-5H,6-7H2,1-2H3,(H,16,17,18). The number of hydrogen-bond donors (Lipinski definition) is 1. The Morgan fingerprint density at radius 1 is 1.14 bits per heavy atom. The second-order valence-electron chi connectivity index (χ2n) is 5.11. The summed E-state index contributed by atoms with van der Waals surface area (Å²) in [5.41, 5.74) is 2.34. The second kappa shape index (κ2) is 4.87. The Kier molecular flexibility index (Phi) is 2.85. The number of anilines is 1. The number of aryl methyl sites for hydroxylation is 2. The van der Waals surface area contributed by atoms with Crippen LogP contribution in [-0.4, -0.2) is 21.9 Å². The molecule has 0 atom stereocenters. The summed E-state index contributed by atoms with van der Waals surface area (Å²) in [5.74, 6) is 2.90. The topological polar surface area (TPSA) is 82.3 Å². The van der Waals surface area contributed by atoms with Crippen molar-refractivity contribution in [1.82, 2.24) is 15.1 Å². The van der Waals surface area contributed by atoms with Crippen molar-refractivity contribution in [3.05, 3.63) is 35.3 Å². The Bertz CT molecular complexity index is 859. The number of nitrogens with zero attached hydrogens (tertiary/aromatic N) is 3. The van der Waals surface area contributed by atoms with Crippen LogP contribution in [0.3, 0.4) is 0 Å². The lowest BCUT2D eigenvalue weighted by Gasteiger charge is -2.08. The normalized spacial score (nSPS) is 12.8. The summed E-state index contributed by atoms with van der Waals surface area (Å²) in [4.78, 5) is 8.69. The summed E-state index contributed by atoms with van der Waals surface area (Å²) in [5, 5.41) is 8.07. The van der Waals surface area contributed by atoms with Gasteiger partial charge in [0, 0.05) is 6.54 Å². The summed E-state index contributed by atoms with van der Waals surface area (Å²) >= 11 is 0. The number of rotatable bonds is 3. The van der Waals surface area contributed by atoms with Gasteiger partial charge in [-0.15, -0.1) is 0 Å². The van der Waals surface area contributed by atoms with E-state index in [9.17, 15) is 0 Å². The predicted molar refractivity (Wildman–Crippen MR) is 79.0 cm³/mol. The van der Waals surface area contributed by atoms with E-state index >= 15 is 0 Å². The van der Waals surface area contributed by atoms with Crippen LogP contribution in [0.4, 0.5) is 5.82 Å². The molecule has 0 unspecified atom stereocenters. The molecule has 4 rings (SSSR count). The van der Waals surface area contributed by atoms with Crippen LogP contribution in [0.2, 0.25) is 0 Å². The molecule has 1 N–H and O–H groups in total. The minimum atomic E-state index is 0.276. The van der Waals surface area contributed by atoms with Crippen molar-refractivity contribution >= 4 is 16.9 Å². The zero-order valence-corrected chi connectivity index (χ0v) is 12.2. The average molecular weight is 298 g/mol. The molecule has 0 saturated heterocycles. The van der Waals surface area contributed by atoms with Crippen molar-refractivity contribution in [2.45, 2.75) is 20.4 Å². The van der Waals surface area contributed by atoms with Crippen molar-refractivity contribution < 1.29 is 14.0 Å². The Balaban J connectivity index is 1.63. The lowest BCUT2D eigenvalue weighted by molar-refractivity contribution is 0.174. The van der Waals surface area contributed by atoms with Gasteiger partial charge >= 0.3 is 0 Å². The molecule has 7 nitrogen and oxygen atoms in total. The third kappa shape index (κ3) is 2.11. The third-order valence-electron chi connectivity index (χ3n) is 3.52. The lowest BCUT2D eigenvalue weighted by atomic mass is 10.2. The van der Waals surface area contributed by atoms with Crippen molar-refractivity contribution in [3.8, 4) is 11.5 Å². The zero-order chi connectivity index (χ0) is 15.1. The van der Waals surface area contributed by atoms with E-state index < -0.39 is 0 Å². The van der Waals surface area contributed by atoms with E-state index in [2.05, 4.69) is 20.4 Å². The fourth-order valence-electron chi connectivity index (χ4n) is 2.46. The first-order chi connectivity index (χ1) is 10.7. The second-order valence-corrected chi connectivity index (χ2v) is 5.11. The molecule has 0 spiro atoms. The summed E-state index contributed by atoms with van der Waals surface area (Å²) in [6, 6.07) is 5.86. The van der Waals surface area contributed by atoms with Gasteiger partial charge in [0.05, 0.1) is 5.69 Å². The molecule has 0 amide bonds. The highest BCUT2D eigenvalue weighted by Gasteiger charge is 2.15. The largest absolute Gasteiger partial charge is 0.454 e. The fourth-order valence-corrected chi connectivity index (χ4v) is 2.46. The predicted octanol–water partition coefficient (Wildman–Crippen LogP) is 2.58. The molecule has 0 saturated carbocycles. The SMILES string of the molecule is Cc1nc(NCc2ccc3c(c2)OCO3)c2c(C)noc2n1. The number of benzene rings is 1. The van der Waals surface area contributed by atoms with E-state index in [1.54, 1.807) is 0 Å². The van der Waals surface area contributed by atoms with Crippen LogP contribution in [0, 0.1) is 13.8 Å². The maximum absolute atomic E-state index is 5.39. The van der Waals surface area contributed by atoms with E-state index in [0.29, 0.717) is 18.1 Å². The minimum Gasteiger partial charge on any atom is -0.454 e. The maximum atomic E-state index is 5.39. The molecule has 0 aliphatic carbocycles. The Morgan fingerprint density at radius 3 is 2.91 bits per heavy atom. The molecule has 22 heavy (non-hydrogen) atoms. The van der Waals surface area contributed by atoms with Crippen LogP contribution in [-0.2, 0) is 6.54 Å². The van der Waals surface area contributed by atoms with Gasteiger partial charge in [-0.1, -0.05) is 11.2 Å². The number of nitrogens with one attached hydrogen (secondary N) is 1. The van der Waals surface area contributed by atoms with Gasteiger partial charge in [0.25, 0.3) is 5.71 Å². The van der Waals surface area contributed by atoms with Gasteiger partial charge in [-0.05, 0) is 31.5 Å². The van der Waals surface area contributed by atoms with Gasteiger partial charge in [0.1, 0.15) is 17.0 Å². The molecule has 2 aromatic heterocycles. The Morgan fingerprint density at radius 2 is 2.00 bits per heavy atom. The van der Waals surface area contributed by atoms with Crippen LogP contribution >= 0.6 is 0 Å². The molecule has 112 valence electrons. The van der Waals surface area contributed by atoms with Gasteiger partial charge in [-0.2, -0.15) is 4.98 Å². The average Bonchev–Trinajstić information content (AvgIpc) is 3.11. The molecule has 7 heteroatoms. The number of ether oxygens (including phenoxy) is 2. The summed E-state index contributed by atoms with van der Waals surface area (Å²) in [6.45, 7) is 4.57. The van der Waals surface area contributed by atoms with E-state index in [0.717, 1.165) is 34.0 Å². The first-order valence-corrected chi connectivity index (χ1v) is 6.94. The molecule has 1 aromatic carbocycles. The van der Waals surface area contributed by atoms with Crippen LogP contribution in [0.1, 0.15) is 17.1 Å². The van der Waals surface area contributed by atoms with Crippen LogP contribution in [0.15, 0.2) is 22.7 Å². The molecular formula is C15H14N4O3. The number of fused-ring (bicyclic) bond motifs is 2. The number of hydrogen-bond acceptors (Lipinski definition) is 7. The van der Waals surface area contributed by atoms with E-state index in [1.165, 1.54) is 0 Å². The van der Waals surface area contributed by atoms with Crippen molar-refractivity contribution in [1.29, 1.82) is 0 Å². The highest BCUT2D eigenvalue weighted by Crippen LogP contribution is 2.33. The summed E-state index contributed by atoms with van der Waals surface area (Å²) in [6.07, 6.45) is 0. The van der Waals surface area contributed by atoms with Crippen molar-refractivity contribution in [3.63, 3.8) is 0 Å². The van der Waals surface area contributed by atoms with Crippen LogP contribution < -0.4 is 14.8 Å². The summed E-state index contributed by atoms with van der Waals surface area (Å²) in [7, 11) is 0. The van der Waals surface area contributed by atoms with Gasteiger partial charge in [0.15, 0.2) is 11.5 Å². The van der Waals surface area contributed by atoms with E-state index in [4.69, 9.17) is 14.0 Å². The molecule has 0 radical (unpaired) electrons. The smallest absolute Gasteiger partial charge is 0.263 e. The van der Waals surface area contributed by atoms with Crippen molar-refractivity contribution in [2.24, 2.45) is 0 Å². The zero-order valence-electron chi connectivity index (χ0n) is 12.2. The molecule has 0 bridgehead atoms. The first kappa shape index (κ1) is 12.9. The Hall–Kier alpha value is -2.83. The minimum absolute atomic E-state index is 0.276.